The Labute approximate surface area is 115 Å². The summed E-state index contributed by atoms with van der Waals surface area (Å²) in [7, 11) is 0. The van der Waals surface area contributed by atoms with E-state index in [1.165, 1.54) is 24.1 Å². The van der Waals surface area contributed by atoms with Crippen molar-refractivity contribution in [1.82, 2.24) is 9.55 Å². The molecular formula is C14H16BrN3. The first-order valence-corrected chi connectivity index (χ1v) is 7.04. The Bertz CT molecular complexity index is 558. The van der Waals surface area contributed by atoms with Crippen molar-refractivity contribution in [3.63, 3.8) is 0 Å². The molecule has 2 aromatic rings. The Kier molecular flexibility index (Phi) is 3.12. The Morgan fingerprint density at radius 2 is 2.28 bits per heavy atom. The molecule has 1 aromatic heterocycles. The minimum atomic E-state index is 0.686. The molecule has 3 rings (SSSR count). The predicted molar refractivity (Wildman–Crippen MR) is 76.7 cm³/mol. The molecule has 0 aliphatic heterocycles. The standard InChI is InChI=1S/C14H16BrN3/c1-10-2-5-14(13(15)6-10)17-8-12-7-16-9-18(12)11-3-4-11/h2,5-7,9,11,17H,3-4,8H2,1H3. The maximum atomic E-state index is 4.24. The van der Waals surface area contributed by atoms with Crippen LogP contribution in [0.15, 0.2) is 35.2 Å². The van der Waals surface area contributed by atoms with Gasteiger partial charge in [0, 0.05) is 22.4 Å². The van der Waals surface area contributed by atoms with Crippen molar-refractivity contribution < 1.29 is 0 Å². The van der Waals surface area contributed by atoms with E-state index < -0.39 is 0 Å². The number of hydrogen-bond donors (Lipinski definition) is 1. The maximum absolute atomic E-state index is 4.24. The molecule has 0 saturated heterocycles. The van der Waals surface area contributed by atoms with Crippen LogP contribution in [0.1, 0.15) is 30.1 Å². The fourth-order valence-corrected chi connectivity index (χ4v) is 2.73. The van der Waals surface area contributed by atoms with Gasteiger partial charge < -0.3 is 9.88 Å². The van der Waals surface area contributed by atoms with Crippen LogP contribution in [-0.4, -0.2) is 9.55 Å². The molecular weight excluding hydrogens is 290 g/mol. The smallest absolute Gasteiger partial charge is 0.0951 e. The fraction of sp³-hybridized carbons (Fsp3) is 0.357. The zero-order valence-electron chi connectivity index (χ0n) is 10.4. The van der Waals surface area contributed by atoms with E-state index in [2.05, 4.69) is 55.9 Å². The van der Waals surface area contributed by atoms with E-state index in [0.717, 1.165) is 16.7 Å². The normalized spacial score (nSPS) is 14.8. The summed E-state index contributed by atoms with van der Waals surface area (Å²) in [6.07, 6.45) is 6.47. The number of anilines is 1. The number of aryl methyl sites for hydroxylation is 1. The molecule has 0 bridgehead atoms. The second-order valence-electron chi connectivity index (χ2n) is 4.86. The molecule has 0 radical (unpaired) electrons. The molecule has 0 unspecified atom stereocenters. The number of benzene rings is 1. The van der Waals surface area contributed by atoms with Gasteiger partial charge in [-0.3, -0.25) is 0 Å². The molecule has 0 atom stereocenters. The van der Waals surface area contributed by atoms with Crippen LogP contribution >= 0.6 is 15.9 Å². The summed E-state index contributed by atoms with van der Waals surface area (Å²) in [6.45, 7) is 2.91. The highest BCUT2D eigenvalue weighted by Crippen LogP contribution is 2.35. The lowest BCUT2D eigenvalue weighted by Crippen LogP contribution is -2.06. The van der Waals surface area contributed by atoms with Crippen LogP contribution in [0.2, 0.25) is 0 Å². The Hall–Kier alpha value is -1.29. The predicted octanol–water partition coefficient (Wildman–Crippen LogP) is 3.90. The topological polar surface area (TPSA) is 29.9 Å². The number of nitrogens with one attached hydrogen (secondary N) is 1. The maximum Gasteiger partial charge on any atom is 0.0951 e. The van der Waals surface area contributed by atoms with Gasteiger partial charge in [-0.15, -0.1) is 0 Å². The highest BCUT2D eigenvalue weighted by atomic mass is 79.9. The molecule has 3 nitrogen and oxygen atoms in total. The van der Waals surface area contributed by atoms with Crippen molar-refractivity contribution >= 4 is 21.6 Å². The van der Waals surface area contributed by atoms with Crippen LogP contribution in [-0.2, 0) is 6.54 Å². The van der Waals surface area contributed by atoms with E-state index in [9.17, 15) is 0 Å². The van der Waals surface area contributed by atoms with Crippen LogP contribution in [0.5, 0.6) is 0 Å². The minimum absolute atomic E-state index is 0.686. The molecule has 1 aliphatic carbocycles. The molecule has 0 spiro atoms. The van der Waals surface area contributed by atoms with Crippen molar-refractivity contribution in [1.29, 1.82) is 0 Å². The van der Waals surface area contributed by atoms with Crippen LogP contribution in [0.3, 0.4) is 0 Å². The molecule has 1 aliphatic rings. The third-order valence-corrected chi connectivity index (χ3v) is 3.93. The average molecular weight is 306 g/mol. The van der Waals surface area contributed by atoms with Crippen LogP contribution < -0.4 is 5.32 Å². The average Bonchev–Trinajstić information content (AvgIpc) is 3.08. The van der Waals surface area contributed by atoms with Gasteiger partial charge in [-0.05, 0) is 53.4 Å². The van der Waals surface area contributed by atoms with Crippen molar-refractivity contribution in [2.45, 2.75) is 32.4 Å². The van der Waals surface area contributed by atoms with Gasteiger partial charge in [-0.25, -0.2) is 4.98 Å². The van der Waals surface area contributed by atoms with Gasteiger partial charge in [0.15, 0.2) is 0 Å². The van der Waals surface area contributed by atoms with Crippen molar-refractivity contribution in [3.8, 4) is 0 Å². The molecule has 1 heterocycles. The molecule has 1 saturated carbocycles. The molecule has 18 heavy (non-hydrogen) atoms. The van der Waals surface area contributed by atoms with E-state index in [4.69, 9.17) is 0 Å². The zero-order valence-corrected chi connectivity index (χ0v) is 11.9. The largest absolute Gasteiger partial charge is 0.378 e. The number of rotatable bonds is 4. The molecule has 1 fully saturated rings. The Morgan fingerprint density at radius 3 is 3.00 bits per heavy atom. The fourth-order valence-electron chi connectivity index (χ4n) is 2.10. The summed E-state index contributed by atoms with van der Waals surface area (Å²) in [5.74, 6) is 0. The number of imidazole rings is 1. The highest BCUT2D eigenvalue weighted by Gasteiger charge is 2.24. The number of hydrogen-bond acceptors (Lipinski definition) is 2. The summed E-state index contributed by atoms with van der Waals surface area (Å²) in [6, 6.07) is 7.04. The lowest BCUT2D eigenvalue weighted by Gasteiger charge is -2.11. The summed E-state index contributed by atoms with van der Waals surface area (Å²) >= 11 is 3.59. The first-order valence-electron chi connectivity index (χ1n) is 6.25. The van der Waals surface area contributed by atoms with E-state index in [0.29, 0.717) is 6.04 Å². The van der Waals surface area contributed by atoms with Crippen molar-refractivity contribution in [2.75, 3.05) is 5.32 Å². The first kappa shape index (κ1) is 11.8. The highest BCUT2D eigenvalue weighted by molar-refractivity contribution is 9.10. The Morgan fingerprint density at radius 1 is 1.44 bits per heavy atom. The summed E-state index contributed by atoms with van der Waals surface area (Å²) in [5, 5.41) is 3.46. The lowest BCUT2D eigenvalue weighted by atomic mass is 10.2. The quantitative estimate of drug-likeness (QED) is 0.928. The van der Waals surface area contributed by atoms with Crippen molar-refractivity contribution in [2.24, 2.45) is 0 Å². The van der Waals surface area contributed by atoms with Crippen LogP contribution in [0, 0.1) is 6.92 Å². The van der Waals surface area contributed by atoms with E-state index in [1.807, 2.05) is 12.5 Å². The third-order valence-electron chi connectivity index (χ3n) is 3.27. The Balaban J connectivity index is 1.71. The summed E-state index contributed by atoms with van der Waals surface area (Å²) < 4.78 is 3.40. The van der Waals surface area contributed by atoms with Crippen molar-refractivity contribution in [3.05, 3.63) is 46.5 Å². The second-order valence-corrected chi connectivity index (χ2v) is 5.71. The van der Waals surface area contributed by atoms with E-state index in [1.54, 1.807) is 0 Å². The van der Waals surface area contributed by atoms with Gasteiger partial charge >= 0.3 is 0 Å². The number of halogens is 1. The summed E-state index contributed by atoms with van der Waals surface area (Å²) in [4.78, 5) is 4.24. The third kappa shape index (κ3) is 2.43. The van der Waals surface area contributed by atoms with Gasteiger partial charge in [0.05, 0.1) is 18.6 Å². The molecule has 1 aromatic carbocycles. The van der Waals surface area contributed by atoms with Gasteiger partial charge in [0.2, 0.25) is 0 Å². The van der Waals surface area contributed by atoms with Crippen LogP contribution in [0.25, 0.3) is 0 Å². The van der Waals surface area contributed by atoms with E-state index >= 15 is 0 Å². The van der Waals surface area contributed by atoms with Gasteiger partial charge in [-0.2, -0.15) is 0 Å². The first-order chi connectivity index (χ1) is 8.74. The van der Waals surface area contributed by atoms with Gasteiger partial charge in [0.1, 0.15) is 0 Å². The minimum Gasteiger partial charge on any atom is -0.378 e. The lowest BCUT2D eigenvalue weighted by molar-refractivity contribution is 0.701. The monoisotopic (exact) mass is 305 g/mol. The number of nitrogens with zero attached hydrogens (tertiary/aromatic N) is 2. The molecule has 1 N–H and O–H groups in total. The SMILES string of the molecule is Cc1ccc(NCc2cncn2C2CC2)c(Br)c1. The molecule has 94 valence electrons. The second kappa shape index (κ2) is 4.76. The molecule has 0 amide bonds. The van der Waals surface area contributed by atoms with E-state index in [-0.39, 0.29) is 0 Å². The van der Waals surface area contributed by atoms with Crippen LogP contribution in [0.4, 0.5) is 5.69 Å². The van der Waals surface area contributed by atoms with Gasteiger partial charge in [-0.1, -0.05) is 6.07 Å². The summed E-state index contributed by atoms with van der Waals surface area (Å²) in [5.41, 5.74) is 3.64. The van der Waals surface area contributed by atoms with Gasteiger partial charge in [0.25, 0.3) is 0 Å². The zero-order chi connectivity index (χ0) is 12.5. The molecule has 4 heteroatoms. The number of aromatic nitrogens is 2.